The average Bonchev–Trinajstić information content (AvgIpc) is 3.69. The first-order valence-corrected chi connectivity index (χ1v) is 18.3. The number of hydrogen-bond acceptors (Lipinski definition) is 10. The number of benzene rings is 2. The van der Waals surface area contributed by atoms with Gasteiger partial charge in [0, 0.05) is 37.7 Å². The Labute approximate surface area is 324 Å². The fourth-order valence-corrected chi connectivity index (χ4v) is 7.88. The van der Waals surface area contributed by atoms with Crippen molar-refractivity contribution < 1.29 is 69.2 Å². The van der Waals surface area contributed by atoms with Crippen LogP contribution in [-0.4, -0.2) is 111 Å². The van der Waals surface area contributed by atoms with Crippen LogP contribution < -0.4 is 9.64 Å². The summed E-state index contributed by atoms with van der Waals surface area (Å²) in [7, 11) is 0. The lowest BCUT2D eigenvalue weighted by atomic mass is 9.94. The summed E-state index contributed by atoms with van der Waals surface area (Å²) in [6.07, 6.45) is -4.32. The Kier molecular flexibility index (Phi) is 12.2. The van der Waals surface area contributed by atoms with Gasteiger partial charge in [0.25, 0.3) is 0 Å². The molecule has 2 aromatic heterocycles. The van der Waals surface area contributed by atoms with E-state index in [1.54, 1.807) is 6.20 Å². The highest BCUT2D eigenvalue weighted by Gasteiger charge is 2.49. The Morgan fingerprint density at radius 1 is 0.931 bits per heavy atom. The van der Waals surface area contributed by atoms with Gasteiger partial charge in [0.2, 0.25) is 0 Å². The van der Waals surface area contributed by atoms with Crippen LogP contribution >= 0.6 is 0 Å². The van der Waals surface area contributed by atoms with Gasteiger partial charge in [0.1, 0.15) is 35.9 Å². The van der Waals surface area contributed by atoms with E-state index in [4.69, 9.17) is 34.3 Å². The normalized spacial score (nSPS) is 22.1. The molecule has 0 radical (unpaired) electrons. The van der Waals surface area contributed by atoms with E-state index in [1.165, 1.54) is 0 Å². The number of anilines is 1. The molecule has 0 aliphatic carbocycles. The van der Waals surface area contributed by atoms with E-state index in [9.17, 15) is 35.5 Å². The zero-order chi connectivity index (χ0) is 42.0. The van der Waals surface area contributed by atoms with E-state index in [0.717, 1.165) is 48.6 Å². The number of piperidine rings is 1. The van der Waals surface area contributed by atoms with E-state index in [2.05, 4.69) is 14.9 Å². The van der Waals surface area contributed by atoms with Gasteiger partial charge in [-0.05, 0) is 61.4 Å². The Morgan fingerprint density at radius 2 is 1.62 bits per heavy atom. The van der Waals surface area contributed by atoms with Crippen molar-refractivity contribution in [1.29, 1.82) is 0 Å². The zero-order valence-corrected chi connectivity index (χ0v) is 30.6. The summed E-state index contributed by atoms with van der Waals surface area (Å²) < 4.78 is 107. The highest BCUT2D eigenvalue weighted by Crippen LogP contribution is 2.41. The zero-order valence-electron chi connectivity index (χ0n) is 30.6. The van der Waals surface area contributed by atoms with Crippen LogP contribution in [0.1, 0.15) is 50.5 Å². The number of aliphatic carboxylic acids is 2. The van der Waals surface area contributed by atoms with Crippen molar-refractivity contribution in [3.63, 3.8) is 0 Å². The van der Waals surface area contributed by atoms with Crippen LogP contribution in [0.2, 0.25) is 0 Å². The number of alkyl halides is 7. The molecule has 3 atom stereocenters. The van der Waals surface area contributed by atoms with Crippen LogP contribution in [0, 0.1) is 5.82 Å². The number of aromatic nitrogens is 3. The fourth-order valence-electron chi connectivity index (χ4n) is 7.88. The predicted octanol–water partition coefficient (Wildman–Crippen LogP) is 7.05. The second kappa shape index (κ2) is 16.8. The van der Waals surface area contributed by atoms with E-state index in [0.29, 0.717) is 62.1 Å². The third kappa shape index (κ3) is 9.32. The highest BCUT2D eigenvalue weighted by molar-refractivity contribution is 6.00. The van der Waals surface area contributed by atoms with Gasteiger partial charge in [-0.15, -0.1) is 0 Å². The first kappa shape index (κ1) is 42.2. The Morgan fingerprint density at radius 3 is 2.31 bits per heavy atom. The number of aryl methyl sites for hydroxylation is 1. The molecule has 312 valence electrons. The number of hydrogen-bond donors (Lipinski definition) is 2. The molecule has 0 amide bonds. The van der Waals surface area contributed by atoms with Crippen LogP contribution in [0.5, 0.6) is 6.01 Å². The van der Waals surface area contributed by atoms with E-state index in [-0.39, 0.29) is 35.9 Å². The molecule has 7 heterocycles. The van der Waals surface area contributed by atoms with Crippen molar-refractivity contribution in [3.8, 4) is 17.3 Å². The lowest BCUT2D eigenvalue weighted by Crippen LogP contribution is -2.43. The number of carbonyl (C=O) groups is 3. The quantitative estimate of drug-likeness (QED) is 0.161. The molecule has 0 unspecified atom stereocenters. The van der Waals surface area contributed by atoms with Crippen molar-refractivity contribution in [3.05, 3.63) is 54.0 Å². The molecule has 0 spiro atoms. The monoisotopic (exact) mass is 827 g/mol. The third-order valence-corrected chi connectivity index (χ3v) is 10.4. The lowest BCUT2D eigenvalue weighted by Gasteiger charge is -2.34. The van der Waals surface area contributed by atoms with Gasteiger partial charge >= 0.3 is 36.3 Å². The molecule has 5 aliphatic heterocycles. The van der Waals surface area contributed by atoms with Crippen molar-refractivity contribution in [1.82, 2.24) is 19.9 Å². The Bertz CT molecular complexity index is 2160. The van der Waals surface area contributed by atoms with Crippen LogP contribution in [-0.2, 0) is 25.5 Å². The van der Waals surface area contributed by atoms with Gasteiger partial charge in [-0.1, -0.05) is 36.4 Å². The van der Waals surface area contributed by atoms with Gasteiger partial charge in [-0.3, -0.25) is 14.7 Å². The van der Waals surface area contributed by atoms with Crippen molar-refractivity contribution in [2.75, 3.05) is 37.7 Å². The molecule has 3 fully saturated rings. The van der Waals surface area contributed by atoms with Crippen LogP contribution in [0.25, 0.3) is 32.9 Å². The predicted molar refractivity (Wildman–Crippen MR) is 190 cm³/mol. The van der Waals surface area contributed by atoms with Gasteiger partial charge < -0.3 is 24.6 Å². The maximum absolute atomic E-state index is 16.8. The van der Waals surface area contributed by atoms with E-state index >= 15 is 4.39 Å². The van der Waals surface area contributed by atoms with Crippen LogP contribution in [0.15, 0.2) is 42.6 Å². The van der Waals surface area contributed by atoms with Gasteiger partial charge in [-0.25, -0.2) is 18.4 Å². The summed E-state index contributed by atoms with van der Waals surface area (Å²) in [6, 6.07) is 11.9. The standard InChI is InChI=1S/C34H35F2N5O3.2C2HF3O2/c35-23-16-34(13-5-15-41(34)18-23)20-43-33-38-31-26-17-37-30(29(31)36)25-11-2-8-21-6-1-7-22(28(21)25)9-3-12-27(42)44-24-10-4-14-40(19-24)32(26)39-33;2*3-2(4,5)1(6)7/h1-2,6-8,11,17,23-24H,3-5,9-10,12-16,18-20H2;2*(H,6,7)/t23-,24-,34+;;/m1../s1. The van der Waals surface area contributed by atoms with Gasteiger partial charge in [-0.2, -0.15) is 36.3 Å². The molecule has 3 saturated heterocycles. The van der Waals surface area contributed by atoms with Crippen molar-refractivity contribution >= 4 is 45.4 Å². The number of carboxylic acid groups (broad SMARTS) is 2. The Balaban J connectivity index is 0.000000349. The molecule has 2 N–H and O–H groups in total. The number of fused-ring (bicyclic) bond motifs is 6. The number of carbonyl (C=O) groups excluding carboxylic acids is 1. The number of halogens is 8. The summed E-state index contributed by atoms with van der Waals surface area (Å²) in [6.45, 7) is 2.60. The third-order valence-electron chi connectivity index (χ3n) is 10.4. The van der Waals surface area contributed by atoms with Crippen molar-refractivity contribution in [2.24, 2.45) is 0 Å². The number of esters is 1. The molecule has 58 heavy (non-hydrogen) atoms. The van der Waals surface area contributed by atoms with Crippen molar-refractivity contribution in [2.45, 2.75) is 81.5 Å². The van der Waals surface area contributed by atoms with E-state index in [1.807, 2.05) is 41.3 Å². The number of ether oxygens (including phenoxy) is 2. The largest absolute Gasteiger partial charge is 0.490 e. The average molecular weight is 828 g/mol. The molecule has 2 aromatic carbocycles. The molecule has 0 saturated carbocycles. The smallest absolute Gasteiger partial charge is 0.475 e. The molecule has 5 aliphatic rings. The van der Waals surface area contributed by atoms with Crippen LogP contribution in [0.3, 0.4) is 0 Å². The molecular weight excluding hydrogens is 790 g/mol. The van der Waals surface area contributed by atoms with Gasteiger partial charge in [0.15, 0.2) is 5.82 Å². The minimum absolute atomic E-state index is 0.0610. The number of carboxylic acids is 2. The molecule has 4 aromatic rings. The summed E-state index contributed by atoms with van der Waals surface area (Å²) in [4.78, 5) is 49.0. The summed E-state index contributed by atoms with van der Waals surface area (Å²) in [5.41, 5.74) is 1.65. The number of pyridine rings is 1. The summed E-state index contributed by atoms with van der Waals surface area (Å²) in [5, 5.41) is 16.6. The second-order valence-electron chi connectivity index (χ2n) is 14.4. The summed E-state index contributed by atoms with van der Waals surface area (Å²) >= 11 is 0. The molecule has 12 nitrogen and oxygen atoms in total. The lowest BCUT2D eigenvalue weighted by molar-refractivity contribution is -0.193. The summed E-state index contributed by atoms with van der Waals surface area (Å²) in [5.74, 6) is -5.75. The number of rotatable bonds is 3. The second-order valence-corrected chi connectivity index (χ2v) is 14.4. The first-order chi connectivity index (χ1) is 27.4. The Hall–Kier alpha value is -5.40. The molecule has 9 rings (SSSR count). The van der Waals surface area contributed by atoms with E-state index < -0.39 is 41.8 Å². The minimum Gasteiger partial charge on any atom is -0.475 e. The van der Waals surface area contributed by atoms with Crippen LogP contribution in [0.4, 0.5) is 40.9 Å². The molecule has 6 bridgehead atoms. The molecular formula is C38H37F8N5O7. The topological polar surface area (TPSA) is 155 Å². The molecule has 20 heteroatoms. The van der Waals surface area contributed by atoms with Gasteiger partial charge in [0.05, 0.1) is 17.5 Å². The minimum atomic E-state index is -5.08. The highest BCUT2D eigenvalue weighted by atomic mass is 19.4. The first-order valence-electron chi connectivity index (χ1n) is 18.3. The maximum atomic E-state index is 16.8. The fraction of sp³-hybridized carbons (Fsp3) is 0.474. The SMILES string of the molecule is O=C(O)C(F)(F)F.O=C(O)C(F)(F)F.O=C1CCCc2cccc3cccc(c23)-c2ncc3c(nc(OC[C@@]45CCCN4C[C@H](F)C5)nc3c2F)N2CCC[C@H](C2)O1. The maximum Gasteiger partial charge on any atom is 0.490 e. The number of nitrogens with zero attached hydrogens (tertiary/aromatic N) is 5.